The van der Waals surface area contributed by atoms with Crippen LogP contribution in [0.5, 0.6) is 5.75 Å². The first-order valence-electron chi connectivity index (χ1n) is 4.24. The molecule has 0 fully saturated rings. The highest BCUT2D eigenvalue weighted by Gasteiger charge is 2.06. The third-order valence-electron chi connectivity index (χ3n) is 1.62. The number of nitrogens with one attached hydrogen (secondary N) is 1. The van der Waals surface area contributed by atoms with E-state index in [2.05, 4.69) is 10.3 Å². The largest absolute Gasteiger partial charge is 0.748 e. The predicted octanol–water partition coefficient (Wildman–Crippen LogP) is -0.938. The number of carbonyl (C=O) groups is 1. The van der Waals surface area contributed by atoms with Crippen LogP contribution in [-0.2, 0) is 10.1 Å². The van der Waals surface area contributed by atoms with Crippen molar-refractivity contribution in [3.8, 4) is 5.75 Å². The normalized spacial score (nSPS) is 11.1. The molecule has 2 N–H and O–H groups in total. The van der Waals surface area contributed by atoms with Crippen LogP contribution in [0.15, 0.2) is 18.5 Å². The second-order valence-corrected chi connectivity index (χ2v) is 4.47. The molecule has 0 aliphatic rings. The molecule has 0 unspecified atom stereocenters. The zero-order chi connectivity index (χ0) is 12.2. The van der Waals surface area contributed by atoms with Gasteiger partial charge in [-0.3, -0.25) is 9.78 Å². The number of rotatable bonds is 4. The molecule has 1 aromatic rings. The van der Waals surface area contributed by atoms with E-state index in [1.807, 2.05) is 0 Å². The standard InChI is InChI=1S/C8H10N2O5S/c11-7-3-6(4-9-5-7)8(12)10-1-2-16(13,14)15/h3-5,11H,1-2H2,(H,10,12)(H,13,14,15)/p-1. The van der Waals surface area contributed by atoms with Crippen LogP contribution in [0.2, 0.25) is 0 Å². The van der Waals surface area contributed by atoms with Crippen molar-refractivity contribution in [3.63, 3.8) is 0 Å². The quantitative estimate of drug-likeness (QED) is 0.661. The summed E-state index contributed by atoms with van der Waals surface area (Å²) in [6, 6.07) is 1.17. The Morgan fingerprint density at radius 3 is 2.75 bits per heavy atom. The van der Waals surface area contributed by atoms with Crippen molar-refractivity contribution < 1.29 is 22.9 Å². The number of hydrogen-bond acceptors (Lipinski definition) is 6. The number of pyridine rings is 1. The molecule has 0 bridgehead atoms. The highest BCUT2D eigenvalue weighted by atomic mass is 32.2. The fraction of sp³-hybridized carbons (Fsp3) is 0.250. The average Bonchev–Trinajstić information content (AvgIpc) is 2.15. The highest BCUT2D eigenvalue weighted by Crippen LogP contribution is 2.07. The topological polar surface area (TPSA) is 119 Å². The molecule has 1 heterocycles. The zero-order valence-corrected chi connectivity index (χ0v) is 8.90. The van der Waals surface area contributed by atoms with Gasteiger partial charge in [0.25, 0.3) is 5.91 Å². The summed E-state index contributed by atoms with van der Waals surface area (Å²) in [6.07, 6.45) is 2.36. The maximum Gasteiger partial charge on any atom is 0.253 e. The molecule has 0 saturated heterocycles. The molecule has 1 aromatic heterocycles. The molecule has 1 rings (SSSR count). The molecule has 88 valence electrons. The monoisotopic (exact) mass is 245 g/mol. The van der Waals surface area contributed by atoms with Gasteiger partial charge in [0.15, 0.2) is 0 Å². The molecular weight excluding hydrogens is 236 g/mol. The minimum absolute atomic E-state index is 0.0864. The number of aromatic hydroxyl groups is 1. The van der Waals surface area contributed by atoms with Gasteiger partial charge in [-0.05, 0) is 6.07 Å². The molecule has 16 heavy (non-hydrogen) atoms. The van der Waals surface area contributed by atoms with E-state index in [1.165, 1.54) is 12.3 Å². The van der Waals surface area contributed by atoms with Crippen LogP contribution >= 0.6 is 0 Å². The number of hydrogen-bond donors (Lipinski definition) is 2. The molecule has 0 saturated carbocycles. The summed E-state index contributed by atoms with van der Waals surface area (Å²) in [5, 5.41) is 11.2. The maximum atomic E-state index is 11.3. The SMILES string of the molecule is O=C(NCCS(=O)(=O)[O-])c1cncc(O)c1. The van der Waals surface area contributed by atoms with Crippen molar-refractivity contribution in [1.82, 2.24) is 10.3 Å². The summed E-state index contributed by atoms with van der Waals surface area (Å²) in [5.41, 5.74) is 0.0864. The number of aromatic nitrogens is 1. The van der Waals surface area contributed by atoms with Gasteiger partial charge in [-0.15, -0.1) is 0 Å². The number of nitrogens with zero attached hydrogens (tertiary/aromatic N) is 1. The van der Waals surface area contributed by atoms with E-state index in [1.54, 1.807) is 0 Å². The summed E-state index contributed by atoms with van der Waals surface area (Å²) >= 11 is 0. The molecule has 0 aliphatic heterocycles. The van der Waals surface area contributed by atoms with Gasteiger partial charge in [-0.25, -0.2) is 8.42 Å². The third kappa shape index (κ3) is 4.24. The Bertz CT molecular complexity index is 485. The Hall–Kier alpha value is -1.67. The van der Waals surface area contributed by atoms with Crippen molar-refractivity contribution in [2.75, 3.05) is 12.3 Å². The molecule has 7 nitrogen and oxygen atoms in total. The molecule has 8 heteroatoms. The Morgan fingerprint density at radius 1 is 1.50 bits per heavy atom. The van der Waals surface area contributed by atoms with Gasteiger partial charge in [-0.1, -0.05) is 0 Å². The Labute approximate surface area is 91.9 Å². The molecule has 0 aromatic carbocycles. The summed E-state index contributed by atoms with van der Waals surface area (Å²) in [4.78, 5) is 14.9. The molecule has 0 spiro atoms. The van der Waals surface area contributed by atoms with Gasteiger partial charge >= 0.3 is 0 Å². The van der Waals surface area contributed by atoms with Gasteiger partial charge in [0, 0.05) is 12.7 Å². The van der Waals surface area contributed by atoms with Crippen LogP contribution in [0.3, 0.4) is 0 Å². The van der Waals surface area contributed by atoms with Gasteiger partial charge in [0.1, 0.15) is 5.75 Å². The Morgan fingerprint density at radius 2 is 2.19 bits per heavy atom. The average molecular weight is 245 g/mol. The zero-order valence-electron chi connectivity index (χ0n) is 8.08. The van der Waals surface area contributed by atoms with Crippen molar-refractivity contribution in [2.24, 2.45) is 0 Å². The van der Waals surface area contributed by atoms with E-state index in [4.69, 9.17) is 5.11 Å². The molecule has 0 radical (unpaired) electrons. The first-order chi connectivity index (χ1) is 7.38. The van der Waals surface area contributed by atoms with Crippen LogP contribution in [-0.4, -0.2) is 41.3 Å². The van der Waals surface area contributed by atoms with Crippen molar-refractivity contribution in [3.05, 3.63) is 24.0 Å². The lowest BCUT2D eigenvalue weighted by atomic mass is 10.2. The van der Waals surface area contributed by atoms with Gasteiger partial charge in [0.05, 0.1) is 27.6 Å². The number of amides is 1. The lowest BCUT2D eigenvalue weighted by molar-refractivity contribution is 0.0955. The smallest absolute Gasteiger partial charge is 0.253 e. The highest BCUT2D eigenvalue weighted by molar-refractivity contribution is 7.85. The van der Waals surface area contributed by atoms with Crippen molar-refractivity contribution >= 4 is 16.0 Å². The number of carbonyl (C=O) groups excluding carboxylic acids is 1. The van der Waals surface area contributed by atoms with E-state index in [-0.39, 0.29) is 17.9 Å². The molecule has 1 amide bonds. The van der Waals surface area contributed by atoms with Crippen molar-refractivity contribution in [1.29, 1.82) is 0 Å². The van der Waals surface area contributed by atoms with Gasteiger partial charge in [-0.2, -0.15) is 0 Å². The molecule has 0 aliphatic carbocycles. The van der Waals surface area contributed by atoms with E-state index >= 15 is 0 Å². The fourth-order valence-corrected chi connectivity index (χ4v) is 1.30. The lowest BCUT2D eigenvalue weighted by Crippen LogP contribution is -2.29. The van der Waals surface area contributed by atoms with Crippen LogP contribution in [0, 0.1) is 0 Å². The first-order valence-corrected chi connectivity index (χ1v) is 5.82. The molecule has 0 atom stereocenters. The van der Waals surface area contributed by atoms with Gasteiger partial charge in [0.2, 0.25) is 0 Å². The maximum absolute atomic E-state index is 11.3. The second-order valence-electron chi connectivity index (χ2n) is 2.95. The minimum atomic E-state index is -4.34. The van der Waals surface area contributed by atoms with Crippen molar-refractivity contribution in [2.45, 2.75) is 0 Å². The minimum Gasteiger partial charge on any atom is -0.748 e. The summed E-state index contributed by atoms with van der Waals surface area (Å²) < 4.78 is 30.7. The summed E-state index contributed by atoms with van der Waals surface area (Å²) in [5.74, 6) is -1.46. The summed E-state index contributed by atoms with van der Waals surface area (Å²) in [6.45, 7) is -0.277. The second kappa shape index (κ2) is 4.90. The van der Waals surface area contributed by atoms with Crippen LogP contribution in [0.1, 0.15) is 10.4 Å². The van der Waals surface area contributed by atoms with E-state index in [0.717, 1.165) is 6.20 Å². The molecular formula is C8H9N2O5S-. The summed E-state index contributed by atoms with van der Waals surface area (Å²) in [7, 11) is -4.34. The lowest BCUT2D eigenvalue weighted by Gasteiger charge is -2.07. The third-order valence-corrected chi connectivity index (χ3v) is 2.33. The van der Waals surface area contributed by atoms with E-state index in [0.29, 0.717) is 0 Å². The Kier molecular flexibility index (Phi) is 3.80. The van der Waals surface area contributed by atoms with Crippen LogP contribution < -0.4 is 5.32 Å². The Balaban J connectivity index is 2.54. The van der Waals surface area contributed by atoms with E-state index in [9.17, 15) is 17.8 Å². The van der Waals surface area contributed by atoms with E-state index < -0.39 is 21.8 Å². The fourth-order valence-electron chi connectivity index (χ4n) is 0.944. The van der Waals surface area contributed by atoms with Crippen LogP contribution in [0.4, 0.5) is 0 Å². The van der Waals surface area contributed by atoms with Crippen LogP contribution in [0.25, 0.3) is 0 Å². The van der Waals surface area contributed by atoms with Gasteiger partial charge < -0.3 is 15.0 Å². The first kappa shape index (κ1) is 12.4. The predicted molar refractivity (Wildman–Crippen MR) is 52.8 cm³/mol.